The summed E-state index contributed by atoms with van der Waals surface area (Å²) in [5.41, 5.74) is 1.23. The van der Waals surface area contributed by atoms with Crippen molar-refractivity contribution in [1.29, 1.82) is 0 Å². The summed E-state index contributed by atoms with van der Waals surface area (Å²) in [4.78, 5) is 27.7. The Morgan fingerprint density at radius 1 is 1.17 bits per heavy atom. The van der Waals surface area contributed by atoms with Gasteiger partial charge in [0, 0.05) is 58.2 Å². The third-order valence-electron chi connectivity index (χ3n) is 3.50. The van der Waals surface area contributed by atoms with E-state index in [0.29, 0.717) is 19.5 Å². The molecule has 0 aliphatic carbocycles. The summed E-state index contributed by atoms with van der Waals surface area (Å²) < 4.78 is 0. The molecule has 2 N–H and O–H groups in total. The van der Waals surface area contributed by atoms with Gasteiger partial charge in [-0.3, -0.25) is 19.6 Å². The number of amides is 1. The van der Waals surface area contributed by atoms with Crippen molar-refractivity contribution in [1.82, 2.24) is 20.1 Å². The third-order valence-corrected chi connectivity index (χ3v) is 3.50. The molecule has 1 aliphatic rings. The summed E-state index contributed by atoms with van der Waals surface area (Å²) in [6, 6.07) is 4.05. The highest BCUT2D eigenvalue weighted by Gasteiger charge is 2.19. The number of hydrogen-bond acceptors (Lipinski definition) is 6. The molecule has 30 heavy (non-hydrogen) atoms. The van der Waals surface area contributed by atoms with Crippen LogP contribution in [0, 0.1) is 0 Å². The topological polar surface area (TPSA) is 85.8 Å². The molecule has 0 radical (unpaired) electrons. The molecule has 1 aromatic rings. The van der Waals surface area contributed by atoms with Crippen molar-refractivity contribution in [3.8, 4) is 0 Å². The highest BCUT2D eigenvalue weighted by molar-refractivity contribution is 7.16. The molecule has 0 aromatic carbocycles. The first kappa shape index (κ1) is 33.2. The quantitative estimate of drug-likeness (QED) is 0.496. The van der Waals surface area contributed by atoms with Gasteiger partial charge in [-0.2, -0.15) is 0 Å². The van der Waals surface area contributed by atoms with E-state index in [4.69, 9.17) is 4.79 Å². The lowest BCUT2D eigenvalue weighted by atomic mass is 10.2. The van der Waals surface area contributed by atoms with Crippen LogP contribution in [0.3, 0.4) is 0 Å². The molecule has 2 atom stereocenters. The van der Waals surface area contributed by atoms with Crippen LogP contribution < -0.4 is 5.32 Å². The van der Waals surface area contributed by atoms with Crippen LogP contribution in [0.5, 0.6) is 0 Å². The summed E-state index contributed by atoms with van der Waals surface area (Å²) in [7, 11) is 2.58. The molecule has 0 spiro atoms. The lowest BCUT2D eigenvalue weighted by molar-refractivity contribution is -0.110. The maximum atomic E-state index is 10.2. The maximum Gasteiger partial charge on any atom is 0.207 e. The zero-order valence-electron chi connectivity index (χ0n) is 19.9. The van der Waals surface area contributed by atoms with Crippen molar-refractivity contribution in [2.75, 3.05) is 45.4 Å². The van der Waals surface area contributed by atoms with Gasteiger partial charge in [-0.25, -0.2) is 0 Å². The Bertz CT molecular complexity index is 459. The largest absolute Gasteiger partial charge is 0.390 e. The van der Waals surface area contributed by atoms with E-state index in [9.17, 15) is 9.90 Å². The van der Waals surface area contributed by atoms with Crippen molar-refractivity contribution in [3.05, 3.63) is 30.1 Å². The van der Waals surface area contributed by atoms with Crippen LogP contribution in [-0.4, -0.2) is 84.1 Å². The number of rotatable bonds is 7. The van der Waals surface area contributed by atoms with Crippen molar-refractivity contribution in [2.24, 2.45) is 0 Å². The minimum absolute atomic E-state index is 0.319. The molecule has 8 heteroatoms. The average molecular weight is 445 g/mol. The number of nitrogens with zero attached hydrogens (tertiary/aromatic N) is 3. The normalized spacial score (nSPS) is 13.9. The average Bonchev–Trinajstić information content (AvgIpc) is 2.78. The van der Waals surface area contributed by atoms with Crippen molar-refractivity contribution in [2.45, 2.75) is 54.2 Å². The van der Waals surface area contributed by atoms with Crippen LogP contribution >= 0.6 is 9.24 Å². The Hall–Kier alpha value is -1.40. The van der Waals surface area contributed by atoms with Crippen molar-refractivity contribution < 1.29 is 14.7 Å². The van der Waals surface area contributed by atoms with E-state index in [1.807, 2.05) is 40.0 Å². The Balaban J connectivity index is -0.000000626. The zero-order valence-corrected chi connectivity index (χ0v) is 21.0. The fourth-order valence-corrected chi connectivity index (χ4v) is 2.43. The molecule has 1 aliphatic heterocycles. The first-order valence-electron chi connectivity index (χ1n) is 10.9. The predicted octanol–water partition coefficient (Wildman–Crippen LogP) is 2.45. The lowest BCUT2D eigenvalue weighted by Gasteiger charge is -2.35. The Labute approximate surface area is 186 Å². The summed E-state index contributed by atoms with van der Waals surface area (Å²) >= 11 is 0. The number of aromatic nitrogens is 1. The van der Waals surface area contributed by atoms with Gasteiger partial charge < -0.3 is 15.2 Å². The highest BCUT2D eigenvalue weighted by atomic mass is 31.0. The molecule has 7 nitrogen and oxygen atoms in total. The van der Waals surface area contributed by atoms with Gasteiger partial charge in [0.1, 0.15) is 6.29 Å². The second-order valence-corrected chi connectivity index (χ2v) is 6.58. The van der Waals surface area contributed by atoms with Gasteiger partial charge in [0.15, 0.2) is 0 Å². The van der Waals surface area contributed by atoms with E-state index < -0.39 is 6.10 Å². The molecule has 2 rings (SSSR count). The fraction of sp³-hybridized carbons (Fsp3) is 0.682. The maximum absolute atomic E-state index is 10.2. The second kappa shape index (κ2) is 27.6. The van der Waals surface area contributed by atoms with Crippen molar-refractivity contribution >= 4 is 21.9 Å². The number of piperazine rings is 1. The SMILES string of the molecule is CC.CC.CC=O.CCP.O=CNCC(O)CN1CCN(Cc2cccnc2)CC1. The summed E-state index contributed by atoms with van der Waals surface area (Å²) in [5.74, 6) is 0. The number of aliphatic hydroxyl groups excluding tert-OH is 1. The molecule has 1 fully saturated rings. The number of aliphatic hydroxyl groups is 1. The van der Waals surface area contributed by atoms with E-state index in [0.717, 1.165) is 39.0 Å². The summed E-state index contributed by atoms with van der Waals surface area (Å²) in [5, 5.41) is 12.3. The van der Waals surface area contributed by atoms with E-state index in [1.54, 1.807) is 6.20 Å². The molecule has 0 bridgehead atoms. The van der Waals surface area contributed by atoms with E-state index in [1.165, 1.54) is 18.6 Å². The van der Waals surface area contributed by atoms with Crippen LogP contribution in [0.25, 0.3) is 0 Å². The molecule has 2 unspecified atom stereocenters. The number of nitrogens with one attached hydrogen (secondary N) is 1. The van der Waals surface area contributed by atoms with Gasteiger partial charge in [0.25, 0.3) is 0 Å². The Morgan fingerprint density at radius 3 is 2.10 bits per heavy atom. The smallest absolute Gasteiger partial charge is 0.207 e. The van der Waals surface area contributed by atoms with Gasteiger partial charge in [0.2, 0.25) is 6.41 Å². The standard InChI is InChI=1S/C14H22N4O2.C2H4O.C2H7P.2C2H6/c19-12-16-9-14(20)11-18-6-4-17(5-7-18)10-13-2-1-3-15-8-13;2*1-2-3;2*1-2/h1-3,8,12,14,20H,4-7,9-11H2,(H,16,19);2H,1H3;2-3H2,1H3;2*1-2H3. The molecular formula is C22H45N4O3P. The molecule has 176 valence electrons. The zero-order chi connectivity index (χ0) is 23.6. The number of aldehydes is 1. The van der Waals surface area contributed by atoms with Crippen LogP contribution in [0.4, 0.5) is 0 Å². The van der Waals surface area contributed by atoms with Gasteiger partial charge in [-0.05, 0) is 24.7 Å². The van der Waals surface area contributed by atoms with Crippen LogP contribution in [0.2, 0.25) is 0 Å². The minimum atomic E-state index is -0.495. The van der Waals surface area contributed by atoms with Gasteiger partial charge >= 0.3 is 0 Å². The molecule has 2 heterocycles. The summed E-state index contributed by atoms with van der Waals surface area (Å²) in [6.45, 7) is 17.3. The first-order valence-corrected chi connectivity index (χ1v) is 11.7. The number of pyridine rings is 1. The number of carbonyl (C=O) groups is 2. The third kappa shape index (κ3) is 21.3. The van der Waals surface area contributed by atoms with Crippen LogP contribution in [0.1, 0.15) is 47.1 Å². The van der Waals surface area contributed by atoms with Gasteiger partial charge in [-0.1, -0.05) is 40.7 Å². The number of hydrogen-bond donors (Lipinski definition) is 2. The van der Waals surface area contributed by atoms with Gasteiger partial charge in [-0.15, -0.1) is 9.24 Å². The van der Waals surface area contributed by atoms with E-state index in [2.05, 4.69) is 42.3 Å². The Kier molecular flexibility index (Phi) is 30.6. The molecule has 1 saturated heterocycles. The Morgan fingerprint density at radius 2 is 1.67 bits per heavy atom. The molecule has 1 aromatic heterocycles. The minimum Gasteiger partial charge on any atom is -0.390 e. The van der Waals surface area contributed by atoms with E-state index in [-0.39, 0.29) is 0 Å². The van der Waals surface area contributed by atoms with Crippen LogP contribution in [-0.2, 0) is 16.1 Å². The van der Waals surface area contributed by atoms with E-state index >= 15 is 0 Å². The van der Waals surface area contributed by atoms with Crippen LogP contribution in [0.15, 0.2) is 24.5 Å². The monoisotopic (exact) mass is 444 g/mol. The number of carbonyl (C=O) groups excluding carboxylic acids is 2. The van der Waals surface area contributed by atoms with Crippen molar-refractivity contribution in [3.63, 3.8) is 0 Å². The lowest BCUT2D eigenvalue weighted by Crippen LogP contribution is -2.49. The number of β-amino-alcohol motifs (C(OH)–C–C–N with tert-alkyl or cyclic N) is 1. The first-order chi connectivity index (χ1) is 14.6. The molecule has 0 saturated carbocycles. The molecular weight excluding hydrogens is 399 g/mol. The fourth-order valence-electron chi connectivity index (χ4n) is 2.43. The molecule has 1 amide bonds. The summed E-state index contributed by atoms with van der Waals surface area (Å²) in [6.07, 6.45) is 5.73. The predicted molar refractivity (Wildman–Crippen MR) is 131 cm³/mol. The second-order valence-electron chi connectivity index (χ2n) is 5.76. The van der Waals surface area contributed by atoms with Gasteiger partial charge in [0.05, 0.1) is 6.10 Å². The highest BCUT2D eigenvalue weighted by Crippen LogP contribution is 2.07.